The van der Waals surface area contributed by atoms with Crippen LogP contribution in [0.25, 0.3) is 0 Å². The summed E-state index contributed by atoms with van der Waals surface area (Å²) in [5.41, 5.74) is 5.99. The van der Waals surface area contributed by atoms with Crippen molar-refractivity contribution in [1.82, 2.24) is 5.32 Å². The zero-order chi connectivity index (χ0) is 10.9. The fourth-order valence-corrected chi connectivity index (χ4v) is 1.78. The number of nitrogens with zero attached hydrogens (tertiary/aromatic N) is 1. The van der Waals surface area contributed by atoms with Crippen molar-refractivity contribution in [1.29, 1.82) is 0 Å². The normalized spacial score (nSPS) is 25.3. The smallest absolute Gasteiger partial charge is 0.197 e. The largest absolute Gasteiger partial charge is 0.334 e. The second-order valence-electron chi connectivity index (χ2n) is 3.20. The quantitative estimate of drug-likeness (QED) is 0.740. The molecule has 0 aromatic heterocycles. The lowest BCUT2D eigenvalue weighted by Gasteiger charge is -2.32. The molecule has 1 aromatic rings. The molecule has 3 N–H and O–H groups in total. The number of amidine groups is 1. The predicted octanol–water partition coefficient (Wildman–Crippen LogP) is 2.08. The highest BCUT2D eigenvalue weighted by molar-refractivity contribution is 6.65. The van der Waals surface area contributed by atoms with Crippen molar-refractivity contribution >= 4 is 28.5 Å². The first kappa shape index (κ1) is 10.5. The first-order chi connectivity index (χ1) is 7.13. The Morgan fingerprint density at radius 1 is 1.20 bits per heavy atom. The summed E-state index contributed by atoms with van der Waals surface area (Å²) in [5.74, 6) is 0. The highest BCUT2D eigenvalue weighted by atomic mass is 35.5. The van der Waals surface area contributed by atoms with Gasteiger partial charge in [-0.3, -0.25) is 0 Å². The lowest BCUT2D eigenvalue weighted by atomic mass is 10.00. The molecule has 15 heavy (non-hydrogen) atoms. The van der Waals surface area contributed by atoms with Crippen LogP contribution in [0.5, 0.6) is 0 Å². The van der Waals surface area contributed by atoms with Crippen molar-refractivity contribution in [3.63, 3.8) is 0 Å². The van der Waals surface area contributed by atoms with Gasteiger partial charge in [0.05, 0.1) is 5.03 Å². The minimum Gasteiger partial charge on any atom is -0.334 e. The van der Waals surface area contributed by atoms with Gasteiger partial charge < -0.3 is 11.1 Å². The first-order valence-electron chi connectivity index (χ1n) is 4.35. The summed E-state index contributed by atoms with van der Waals surface area (Å²) in [6.07, 6.45) is 1.45. The first-order valence-corrected chi connectivity index (χ1v) is 5.10. The third-order valence-corrected chi connectivity index (χ3v) is 2.79. The van der Waals surface area contributed by atoms with Crippen LogP contribution in [0.2, 0.25) is 0 Å². The van der Waals surface area contributed by atoms with Crippen molar-refractivity contribution in [3.8, 4) is 0 Å². The van der Waals surface area contributed by atoms with Gasteiger partial charge in [-0.2, -0.15) is 0 Å². The zero-order valence-electron chi connectivity index (χ0n) is 7.74. The van der Waals surface area contributed by atoms with Crippen LogP contribution < -0.4 is 11.1 Å². The van der Waals surface area contributed by atoms with Gasteiger partial charge in [0, 0.05) is 6.20 Å². The summed E-state index contributed by atoms with van der Waals surface area (Å²) < 4.78 is 0. The summed E-state index contributed by atoms with van der Waals surface area (Å²) >= 11 is 11.8. The molecule has 0 saturated carbocycles. The molecule has 3 nitrogen and oxygen atoms in total. The average molecular weight is 242 g/mol. The number of hydrogen-bond donors (Lipinski definition) is 2. The molecular weight excluding hydrogens is 233 g/mol. The maximum absolute atomic E-state index is 6.14. The third kappa shape index (κ3) is 1.86. The fourth-order valence-electron chi connectivity index (χ4n) is 1.38. The van der Waals surface area contributed by atoms with Crippen LogP contribution in [-0.2, 0) is 5.66 Å². The number of nitrogens with one attached hydrogen (secondary N) is 1. The van der Waals surface area contributed by atoms with E-state index in [1.54, 1.807) is 0 Å². The molecule has 0 amide bonds. The Balaban J connectivity index is 2.45. The van der Waals surface area contributed by atoms with Crippen LogP contribution in [0.15, 0.2) is 46.6 Å². The van der Waals surface area contributed by atoms with E-state index in [1.807, 2.05) is 30.3 Å². The number of rotatable bonds is 1. The molecule has 0 radical (unpaired) electrons. The van der Waals surface area contributed by atoms with Crippen molar-refractivity contribution < 1.29 is 0 Å². The lowest BCUT2D eigenvalue weighted by Crippen LogP contribution is -2.53. The molecule has 0 saturated heterocycles. The number of benzene rings is 1. The monoisotopic (exact) mass is 241 g/mol. The van der Waals surface area contributed by atoms with Gasteiger partial charge in [-0.05, 0) is 17.2 Å². The van der Waals surface area contributed by atoms with Crippen LogP contribution in [0, 0.1) is 0 Å². The Bertz CT molecular complexity index is 428. The third-order valence-electron chi connectivity index (χ3n) is 2.20. The molecule has 1 heterocycles. The van der Waals surface area contributed by atoms with E-state index in [1.165, 1.54) is 6.20 Å². The molecule has 0 aliphatic carbocycles. The Morgan fingerprint density at radius 3 is 2.53 bits per heavy atom. The van der Waals surface area contributed by atoms with Crippen LogP contribution in [0.3, 0.4) is 0 Å². The maximum Gasteiger partial charge on any atom is 0.197 e. The standard InChI is InChI=1S/C10H9Cl2N3/c11-8-6-14-9(12)15-10(8,13)7-4-2-1-3-5-7/h1-6H,13H2,(H,14,15). The molecule has 2 rings (SSSR count). The molecule has 0 fully saturated rings. The maximum atomic E-state index is 6.14. The van der Waals surface area contributed by atoms with Crippen molar-refractivity contribution in [2.75, 3.05) is 0 Å². The summed E-state index contributed by atoms with van der Waals surface area (Å²) in [6.45, 7) is 0. The van der Waals surface area contributed by atoms with Gasteiger partial charge in [0.2, 0.25) is 0 Å². The highest BCUT2D eigenvalue weighted by Crippen LogP contribution is 2.29. The molecule has 1 aromatic carbocycles. The molecule has 0 spiro atoms. The number of hydrogen-bond acceptors (Lipinski definition) is 3. The van der Waals surface area contributed by atoms with Gasteiger partial charge >= 0.3 is 0 Å². The molecule has 5 heteroatoms. The van der Waals surface area contributed by atoms with E-state index in [9.17, 15) is 0 Å². The van der Waals surface area contributed by atoms with E-state index in [0.717, 1.165) is 5.56 Å². The minimum absolute atomic E-state index is 0.228. The fraction of sp³-hybridized carbons (Fsp3) is 0.100. The van der Waals surface area contributed by atoms with Gasteiger partial charge in [0.1, 0.15) is 0 Å². The van der Waals surface area contributed by atoms with Gasteiger partial charge in [-0.1, -0.05) is 41.9 Å². The minimum atomic E-state index is -0.984. The van der Waals surface area contributed by atoms with Gasteiger partial charge in [-0.25, -0.2) is 4.99 Å². The molecule has 1 aliphatic heterocycles. The Kier molecular flexibility index (Phi) is 2.69. The second kappa shape index (κ2) is 3.85. The summed E-state index contributed by atoms with van der Waals surface area (Å²) in [7, 11) is 0. The lowest BCUT2D eigenvalue weighted by molar-refractivity contribution is 0.505. The van der Waals surface area contributed by atoms with Crippen molar-refractivity contribution in [2.24, 2.45) is 10.7 Å². The zero-order valence-corrected chi connectivity index (χ0v) is 9.26. The SMILES string of the molecule is NC1(c2ccccc2)NC(Cl)=NC=C1Cl. The van der Waals surface area contributed by atoms with E-state index in [2.05, 4.69) is 10.3 Å². The van der Waals surface area contributed by atoms with Crippen LogP contribution in [-0.4, -0.2) is 5.29 Å². The summed E-state index contributed by atoms with van der Waals surface area (Å²) in [4.78, 5) is 3.83. The van der Waals surface area contributed by atoms with Crippen LogP contribution >= 0.6 is 23.2 Å². The number of halogens is 2. The highest BCUT2D eigenvalue weighted by Gasteiger charge is 2.33. The average Bonchev–Trinajstić information content (AvgIpc) is 2.25. The molecule has 0 bridgehead atoms. The van der Waals surface area contributed by atoms with E-state index in [-0.39, 0.29) is 5.29 Å². The predicted molar refractivity (Wildman–Crippen MR) is 62.7 cm³/mol. The van der Waals surface area contributed by atoms with Crippen LogP contribution in [0.1, 0.15) is 5.56 Å². The van der Waals surface area contributed by atoms with Crippen LogP contribution in [0.4, 0.5) is 0 Å². The van der Waals surface area contributed by atoms with E-state index in [4.69, 9.17) is 28.9 Å². The van der Waals surface area contributed by atoms with Gasteiger partial charge in [0.25, 0.3) is 0 Å². The summed E-state index contributed by atoms with van der Waals surface area (Å²) in [6, 6.07) is 9.42. The number of nitrogens with two attached hydrogens (primary N) is 1. The van der Waals surface area contributed by atoms with Crippen molar-refractivity contribution in [3.05, 3.63) is 47.1 Å². The van der Waals surface area contributed by atoms with Gasteiger partial charge in [-0.15, -0.1) is 0 Å². The Hall–Kier alpha value is -1.03. The van der Waals surface area contributed by atoms with E-state index >= 15 is 0 Å². The molecule has 78 valence electrons. The summed E-state index contributed by atoms with van der Waals surface area (Å²) in [5, 5.41) is 3.48. The van der Waals surface area contributed by atoms with Gasteiger partial charge in [0.15, 0.2) is 11.0 Å². The van der Waals surface area contributed by atoms with E-state index in [0.29, 0.717) is 5.03 Å². The topological polar surface area (TPSA) is 50.4 Å². The molecule has 1 atom stereocenters. The number of aliphatic imine (C=N–C) groups is 1. The Morgan fingerprint density at radius 2 is 1.87 bits per heavy atom. The van der Waals surface area contributed by atoms with Crippen molar-refractivity contribution in [2.45, 2.75) is 5.66 Å². The van der Waals surface area contributed by atoms with E-state index < -0.39 is 5.66 Å². The molecule has 1 aliphatic rings. The molecule has 1 unspecified atom stereocenters. The second-order valence-corrected chi connectivity index (χ2v) is 3.96. The molecular formula is C10H9Cl2N3. The Labute approximate surface area is 97.6 Å².